The topological polar surface area (TPSA) is 41.1 Å². The van der Waals surface area contributed by atoms with E-state index in [-0.39, 0.29) is 12.6 Å². The molecule has 2 N–H and O–H groups in total. The van der Waals surface area contributed by atoms with Crippen LogP contribution in [0.4, 0.5) is 22.4 Å². The van der Waals surface area contributed by atoms with Crippen LogP contribution in [0.3, 0.4) is 0 Å². The van der Waals surface area contributed by atoms with Gasteiger partial charge in [-0.25, -0.2) is 9.18 Å². The van der Waals surface area contributed by atoms with Crippen molar-refractivity contribution in [3.8, 4) is 11.1 Å². The Balaban J connectivity index is 1.89. The van der Waals surface area contributed by atoms with Crippen molar-refractivity contribution in [1.82, 2.24) is 10.6 Å². The summed E-state index contributed by atoms with van der Waals surface area (Å²) in [5.41, 5.74) is 0.981. The molecule has 0 aliphatic carbocycles. The predicted molar refractivity (Wildman–Crippen MR) is 74.0 cm³/mol. The van der Waals surface area contributed by atoms with E-state index in [1.807, 2.05) is 0 Å². The molecule has 22 heavy (non-hydrogen) atoms. The Bertz CT molecular complexity index is 726. The summed E-state index contributed by atoms with van der Waals surface area (Å²) >= 11 is 0.573. The lowest BCUT2D eigenvalue weighted by molar-refractivity contribution is -0.134. The quantitative estimate of drug-likeness (QED) is 0.805. The van der Waals surface area contributed by atoms with Gasteiger partial charge in [-0.15, -0.1) is 11.3 Å². The minimum absolute atomic E-state index is 0.270. The molecule has 116 valence electrons. The second-order valence-electron chi connectivity index (χ2n) is 4.84. The highest BCUT2D eigenvalue weighted by atomic mass is 32.1. The van der Waals surface area contributed by atoms with Crippen molar-refractivity contribution in [1.29, 1.82) is 0 Å². The van der Waals surface area contributed by atoms with Crippen LogP contribution in [0, 0.1) is 5.82 Å². The number of hydrogen-bond donors (Lipinski definition) is 2. The summed E-state index contributed by atoms with van der Waals surface area (Å²) in [6.07, 6.45) is -4.40. The van der Waals surface area contributed by atoms with Gasteiger partial charge in [0.05, 0.1) is 6.04 Å². The first-order chi connectivity index (χ1) is 10.3. The van der Waals surface area contributed by atoms with Crippen molar-refractivity contribution in [3.63, 3.8) is 0 Å². The summed E-state index contributed by atoms with van der Waals surface area (Å²) in [7, 11) is 0. The van der Waals surface area contributed by atoms with Gasteiger partial charge in [0, 0.05) is 12.1 Å². The fraction of sp³-hybridized carbons (Fsp3) is 0.214. The molecular weight excluding hydrogens is 320 g/mol. The average Bonchev–Trinajstić information content (AvgIpc) is 3.06. The first kappa shape index (κ1) is 14.8. The minimum Gasteiger partial charge on any atom is -0.336 e. The zero-order chi connectivity index (χ0) is 15.9. The van der Waals surface area contributed by atoms with Crippen molar-refractivity contribution >= 4 is 17.4 Å². The molecule has 1 saturated heterocycles. The highest BCUT2D eigenvalue weighted by Crippen LogP contribution is 2.37. The molecule has 2 amide bonds. The van der Waals surface area contributed by atoms with Gasteiger partial charge in [-0.05, 0) is 28.6 Å². The van der Waals surface area contributed by atoms with Crippen molar-refractivity contribution in [3.05, 3.63) is 45.9 Å². The molecule has 1 aromatic carbocycles. The zero-order valence-corrected chi connectivity index (χ0v) is 11.8. The summed E-state index contributed by atoms with van der Waals surface area (Å²) < 4.78 is 51.9. The number of carbonyl (C=O) groups excluding carboxylic acids is 1. The van der Waals surface area contributed by atoms with Crippen LogP contribution in [0.25, 0.3) is 11.1 Å². The summed E-state index contributed by atoms with van der Waals surface area (Å²) in [6, 6.07) is 4.36. The van der Waals surface area contributed by atoms with E-state index in [0.29, 0.717) is 28.0 Å². The van der Waals surface area contributed by atoms with Crippen molar-refractivity contribution in [2.75, 3.05) is 6.54 Å². The molecule has 0 spiro atoms. The predicted octanol–water partition coefficient (Wildman–Crippen LogP) is 3.93. The molecule has 1 unspecified atom stereocenters. The van der Waals surface area contributed by atoms with E-state index in [2.05, 4.69) is 10.6 Å². The number of hydrogen-bond acceptors (Lipinski definition) is 2. The van der Waals surface area contributed by atoms with Gasteiger partial charge in [-0.2, -0.15) is 13.2 Å². The van der Waals surface area contributed by atoms with Crippen LogP contribution in [0.2, 0.25) is 0 Å². The van der Waals surface area contributed by atoms with E-state index in [4.69, 9.17) is 0 Å². The lowest BCUT2D eigenvalue weighted by Crippen LogP contribution is -2.22. The Morgan fingerprint density at radius 3 is 2.50 bits per heavy atom. The highest BCUT2D eigenvalue weighted by Gasteiger charge is 2.32. The lowest BCUT2D eigenvalue weighted by Gasteiger charge is -2.11. The van der Waals surface area contributed by atoms with E-state index in [1.54, 1.807) is 6.07 Å². The minimum atomic E-state index is -4.40. The average molecular weight is 330 g/mol. The molecule has 1 aliphatic rings. The lowest BCUT2D eigenvalue weighted by atomic mass is 10.0. The molecule has 1 fully saturated rings. The number of carbonyl (C=O) groups is 1. The number of alkyl halides is 3. The Morgan fingerprint density at radius 2 is 1.95 bits per heavy atom. The molecule has 2 aromatic rings. The van der Waals surface area contributed by atoms with Crippen LogP contribution < -0.4 is 10.6 Å². The number of rotatable bonds is 2. The molecule has 3 rings (SSSR count). The second-order valence-corrected chi connectivity index (χ2v) is 5.75. The van der Waals surface area contributed by atoms with E-state index < -0.39 is 22.9 Å². The number of amides is 2. The normalized spacial score (nSPS) is 18.2. The largest absolute Gasteiger partial charge is 0.425 e. The molecule has 0 saturated carbocycles. The van der Waals surface area contributed by atoms with E-state index in [0.717, 1.165) is 6.07 Å². The fourth-order valence-corrected chi connectivity index (χ4v) is 3.06. The highest BCUT2D eigenvalue weighted by molar-refractivity contribution is 7.10. The number of nitrogens with one attached hydrogen (secondary N) is 2. The monoisotopic (exact) mass is 330 g/mol. The molecule has 0 radical (unpaired) electrons. The molecule has 0 bridgehead atoms. The van der Waals surface area contributed by atoms with Crippen LogP contribution >= 0.6 is 11.3 Å². The van der Waals surface area contributed by atoms with Gasteiger partial charge in [0.1, 0.15) is 10.7 Å². The molecule has 1 aromatic heterocycles. The smallest absolute Gasteiger partial charge is 0.336 e. The maximum Gasteiger partial charge on any atom is 0.425 e. The van der Waals surface area contributed by atoms with Crippen LogP contribution in [-0.4, -0.2) is 12.6 Å². The Morgan fingerprint density at radius 1 is 1.18 bits per heavy atom. The van der Waals surface area contributed by atoms with Gasteiger partial charge >= 0.3 is 12.2 Å². The number of urea groups is 1. The maximum absolute atomic E-state index is 14.2. The van der Waals surface area contributed by atoms with Gasteiger partial charge in [0.15, 0.2) is 0 Å². The summed E-state index contributed by atoms with van der Waals surface area (Å²) in [5, 5.41) is 6.42. The first-order valence-electron chi connectivity index (χ1n) is 6.34. The maximum atomic E-state index is 14.2. The van der Waals surface area contributed by atoms with Gasteiger partial charge in [-0.1, -0.05) is 12.1 Å². The Hall–Kier alpha value is -2.09. The third kappa shape index (κ3) is 2.78. The van der Waals surface area contributed by atoms with Crippen LogP contribution in [0.15, 0.2) is 29.6 Å². The van der Waals surface area contributed by atoms with Gasteiger partial charge in [-0.3, -0.25) is 0 Å². The van der Waals surface area contributed by atoms with Gasteiger partial charge in [0.2, 0.25) is 0 Å². The number of halogens is 4. The third-order valence-electron chi connectivity index (χ3n) is 3.36. The van der Waals surface area contributed by atoms with Crippen LogP contribution in [0.5, 0.6) is 0 Å². The van der Waals surface area contributed by atoms with Crippen molar-refractivity contribution in [2.45, 2.75) is 12.2 Å². The number of thiophene rings is 1. The SMILES string of the molecule is O=C1NCC(c2ccc(-c3csc(C(F)(F)F)c3)cc2F)N1. The van der Waals surface area contributed by atoms with Crippen molar-refractivity contribution < 1.29 is 22.4 Å². The third-order valence-corrected chi connectivity index (χ3v) is 4.34. The van der Waals surface area contributed by atoms with E-state index in [1.165, 1.54) is 17.5 Å². The van der Waals surface area contributed by atoms with Gasteiger partial charge < -0.3 is 10.6 Å². The summed E-state index contributed by atoms with van der Waals surface area (Å²) in [4.78, 5) is 10.4. The first-order valence-corrected chi connectivity index (χ1v) is 7.22. The number of benzene rings is 1. The van der Waals surface area contributed by atoms with E-state index >= 15 is 0 Å². The van der Waals surface area contributed by atoms with E-state index in [9.17, 15) is 22.4 Å². The Kier molecular flexibility index (Phi) is 3.56. The standard InChI is InChI=1S/C14H10F4N2OS/c15-10-3-7(8-4-12(22-6-8)14(16,17)18)1-2-9(10)11-5-19-13(21)20-11/h1-4,6,11H,5H2,(H2,19,20,21). The summed E-state index contributed by atoms with van der Waals surface area (Å²) in [6.45, 7) is 0.270. The zero-order valence-electron chi connectivity index (χ0n) is 11.0. The molecule has 2 heterocycles. The molecule has 1 aliphatic heterocycles. The molecule has 1 atom stereocenters. The Labute approximate surface area is 127 Å². The van der Waals surface area contributed by atoms with Crippen molar-refractivity contribution in [2.24, 2.45) is 0 Å². The molecule has 8 heteroatoms. The van der Waals surface area contributed by atoms with Crippen LogP contribution in [-0.2, 0) is 6.18 Å². The fourth-order valence-electron chi connectivity index (χ4n) is 2.27. The molecular formula is C14H10F4N2OS. The molecule has 3 nitrogen and oxygen atoms in total. The van der Waals surface area contributed by atoms with Gasteiger partial charge in [0.25, 0.3) is 0 Å². The van der Waals surface area contributed by atoms with Crippen LogP contribution in [0.1, 0.15) is 16.5 Å². The summed E-state index contributed by atoms with van der Waals surface area (Å²) in [5.74, 6) is -0.564. The second kappa shape index (κ2) is 5.28.